The Morgan fingerprint density at radius 3 is 2.74 bits per heavy atom. The van der Waals surface area contributed by atoms with E-state index in [-0.39, 0.29) is 5.91 Å². The maximum absolute atomic E-state index is 12.6. The zero-order chi connectivity index (χ0) is 18.8. The third-order valence-electron chi connectivity index (χ3n) is 4.22. The highest BCUT2D eigenvalue weighted by molar-refractivity contribution is 6.03. The number of hydrogen-bond acceptors (Lipinski definition) is 5. The van der Waals surface area contributed by atoms with Crippen LogP contribution in [0.2, 0.25) is 0 Å². The average Bonchev–Trinajstić information content (AvgIpc) is 3.10. The highest BCUT2D eigenvalue weighted by Crippen LogP contribution is 2.32. The Labute approximate surface area is 156 Å². The topological polar surface area (TPSA) is 74.6 Å². The molecule has 1 N–H and O–H groups in total. The number of nitrogens with one attached hydrogen (secondary N) is 1. The van der Waals surface area contributed by atoms with Crippen LogP contribution in [0.25, 0.3) is 5.69 Å². The zero-order valence-corrected chi connectivity index (χ0v) is 15.1. The Kier molecular flexibility index (Phi) is 4.42. The molecule has 0 fully saturated rings. The van der Waals surface area contributed by atoms with Crippen molar-refractivity contribution in [1.29, 1.82) is 0 Å². The van der Waals surface area contributed by atoms with Crippen LogP contribution >= 0.6 is 0 Å². The van der Waals surface area contributed by atoms with Crippen LogP contribution in [0, 0.1) is 6.92 Å². The number of carbonyl (C=O) groups is 1. The summed E-state index contributed by atoms with van der Waals surface area (Å²) in [5, 5.41) is 7.28. The Bertz CT molecular complexity index is 997. The van der Waals surface area contributed by atoms with Gasteiger partial charge in [-0.1, -0.05) is 6.07 Å². The molecule has 0 aliphatic carbocycles. The maximum atomic E-state index is 12.6. The number of amides is 1. The molecule has 1 aromatic heterocycles. The van der Waals surface area contributed by atoms with Crippen molar-refractivity contribution in [1.82, 2.24) is 9.78 Å². The summed E-state index contributed by atoms with van der Waals surface area (Å²) in [6.45, 7) is 2.92. The molecule has 7 heteroatoms. The summed E-state index contributed by atoms with van der Waals surface area (Å²) in [6, 6.07) is 14.6. The van der Waals surface area contributed by atoms with Gasteiger partial charge in [0.05, 0.1) is 12.8 Å². The number of aromatic nitrogens is 2. The molecule has 0 spiro atoms. The number of benzene rings is 2. The SMILES string of the molecule is COc1cccc(-n2nc(C(=O)Nc3ccc4c(c3)OCCO4)cc2C)c1. The lowest BCUT2D eigenvalue weighted by atomic mass is 10.2. The molecule has 0 atom stereocenters. The van der Waals surface area contributed by atoms with Crippen LogP contribution in [-0.2, 0) is 0 Å². The summed E-state index contributed by atoms with van der Waals surface area (Å²) in [5.41, 5.74) is 2.61. The standard InChI is InChI=1S/C20H19N3O4/c1-13-10-17(22-23(13)15-4-3-5-16(12-15)25-2)20(24)21-14-6-7-18-19(11-14)27-9-8-26-18/h3-7,10-12H,8-9H2,1-2H3,(H,21,24). The van der Waals surface area contributed by atoms with Crippen LogP contribution < -0.4 is 19.5 Å². The molecule has 4 rings (SSSR count). The van der Waals surface area contributed by atoms with Crippen LogP contribution in [0.1, 0.15) is 16.2 Å². The van der Waals surface area contributed by atoms with E-state index in [9.17, 15) is 4.79 Å². The zero-order valence-electron chi connectivity index (χ0n) is 15.1. The highest BCUT2D eigenvalue weighted by Gasteiger charge is 2.16. The number of ether oxygens (including phenoxy) is 3. The number of fused-ring (bicyclic) bond motifs is 1. The number of anilines is 1. The summed E-state index contributed by atoms with van der Waals surface area (Å²) in [4.78, 5) is 12.6. The quantitative estimate of drug-likeness (QED) is 0.768. The molecule has 2 aromatic carbocycles. The lowest BCUT2D eigenvalue weighted by Gasteiger charge is -2.18. The number of rotatable bonds is 4. The van der Waals surface area contributed by atoms with E-state index in [1.54, 1.807) is 36.1 Å². The maximum Gasteiger partial charge on any atom is 0.276 e. The van der Waals surface area contributed by atoms with Gasteiger partial charge in [0.25, 0.3) is 5.91 Å². The Hall–Kier alpha value is -3.48. The second-order valence-corrected chi connectivity index (χ2v) is 6.10. The monoisotopic (exact) mass is 365 g/mol. The fraction of sp³-hybridized carbons (Fsp3) is 0.200. The molecule has 1 aliphatic rings. The van der Waals surface area contributed by atoms with Gasteiger partial charge in [-0.05, 0) is 37.3 Å². The van der Waals surface area contributed by atoms with E-state index in [1.807, 2.05) is 31.2 Å². The van der Waals surface area contributed by atoms with Gasteiger partial charge < -0.3 is 19.5 Å². The molecule has 27 heavy (non-hydrogen) atoms. The smallest absolute Gasteiger partial charge is 0.276 e. The second-order valence-electron chi connectivity index (χ2n) is 6.10. The Morgan fingerprint density at radius 1 is 1.11 bits per heavy atom. The first kappa shape index (κ1) is 17.0. The lowest BCUT2D eigenvalue weighted by Crippen LogP contribution is -2.16. The van der Waals surface area contributed by atoms with Gasteiger partial charge in [0, 0.05) is 23.5 Å². The van der Waals surface area contributed by atoms with Crippen LogP contribution in [0.5, 0.6) is 17.2 Å². The molecule has 0 unspecified atom stereocenters. The number of nitrogens with zero attached hydrogens (tertiary/aromatic N) is 2. The summed E-state index contributed by atoms with van der Waals surface area (Å²) in [6.07, 6.45) is 0. The second kappa shape index (κ2) is 7.03. The van der Waals surface area contributed by atoms with E-state index < -0.39 is 0 Å². The molecule has 0 bridgehead atoms. The lowest BCUT2D eigenvalue weighted by molar-refractivity contribution is 0.102. The highest BCUT2D eigenvalue weighted by atomic mass is 16.6. The van der Waals surface area contributed by atoms with Crippen molar-refractivity contribution in [3.8, 4) is 22.9 Å². The van der Waals surface area contributed by atoms with Crippen LogP contribution in [-0.4, -0.2) is 36.0 Å². The fourth-order valence-electron chi connectivity index (χ4n) is 2.91. The minimum atomic E-state index is -0.295. The summed E-state index contributed by atoms with van der Waals surface area (Å²) < 4.78 is 18.0. The molecule has 1 aliphatic heterocycles. The first-order valence-electron chi connectivity index (χ1n) is 8.56. The van der Waals surface area contributed by atoms with Crippen molar-refractivity contribution < 1.29 is 19.0 Å². The summed E-state index contributed by atoms with van der Waals surface area (Å²) in [5.74, 6) is 1.73. The van der Waals surface area contributed by atoms with E-state index in [4.69, 9.17) is 14.2 Å². The normalized spacial score (nSPS) is 12.5. The van der Waals surface area contributed by atoms with Crippen molar-refractivity contribution >= 4 is 11.6 Å². The predicted octanol–water partition coefficient (Wildman–Crippen LogP) is 3.21. The molecular weight excluding hydrogens is 346 g/mol. The van der Waals surface area contributed by atoms with Crippen molar-refractivity contribution in [2.75, 3.05) is 25.6 Å². The molecule has 3 aromatic rings. The largest absolute Gasteiger partial charge is 0.497 e. The molecule has 138 valence electrons. The molecular formula is C20H19N3O4. The number of methoxy groups -OCH3 is 1. The van der Waals surface area contributed by atoms with Crippen LogP contribution in [0.15, 0.2) is 48.5 Å². The van der Waals surface area contributed by atoms with Crippen LogP contribution in [0.4, 0.5) is 5.69 Å². The predicted molar refractivity (Wildman–Crippen MR) is 100 cm³/mol. The third-order valence-corrected chi connectivity index (χ3v) is 4.22. The van der Waals surface area contributed by atoms with Gasteiger partial charge in [0.2, 0.25) is 0 Å². The summed E-state index contributed by atoms with van der Waals surface area (Å²) >= 11 is 0. The molecule has 7 nitrogen and oxygen atoms in total. The van der Waals surface area contributed by atoms with E-state index in [0.717, 1.165) is 17.1 Å². The first-order valence-corrected chi connectivity index (χ1v) is 8.56. The minimum absolute atomic E-state index is 0.295. The van der Waals surface area contributed by atoms with Gasteiger partial charge in [-0.2, -0.15) is 5.10 Å². The van der Waals surface area contributed by atoms with E-state index in [1.165, 1.54) is 0 Å². The molecule has 0 saturated carbocycles. The first-order chi connectivity index (χ1) is 13.1. The molecule has 2 heterocycles. The molecule has 0 saturated heterocycles. The van der Waals surface area contributed by atoms with Crippen molar-refractivity contribution in [2.45, 2.75) is 6.92 Å². The molecule has 0 radical (unpaired) electrons. The van der Waals surface area contributed by atoms with E-state index in [2.05, 4.69) is 10.4 Å². The van der Waals surface area contributed by atoms with Crippen molar-refractivity contribution in [2.24, 2.45) is 0 Å². The average molecular weight is 365 g/mol. The minimum Gasteiger partial charge on any atom is -0.497 e. The Balaban J connectivity index is 1.56. The van der Waals surface area contributed by atoms with Gasteiger partial charge in [-0.25, -0.2) is 4.68 Å². The van der Waals surface area contributed by atoms with Gasteiger partial charge in [-0.3, -0.25) is 4.79 Å². The Morgan fingerprint density at radius 2 is 1.93 bits per heavy atom. The number of carbonyl (C=O) groups excluding carboxylic acids is 1. The number of hydrogen-bond donors (Lipinski definition) is 1. The van der Waals surface area contributed by atoms with Gasteiger partial charge >= 0.3 is 0 Å². The van der Waals surface area contributed by atoms with Gasteiger partial charge in [0.1, 0.15) is 19.0 Å². The van der Waals surface area contributed by atoms with Crippen LogP contribution in [0.3, 0.4) is 0 Å². The van der Waals surface area contributed by atoms with E-state index in [0.29, 0.717) is 36.1 Å². The van der Waals surface area contributed by atoms with Crippen molar-refractivity contribution in [3.63, 3.8) is 0 Å². The van der Waals surface area contributed by atoms with E-state index >= 15 is 0 Å². The van der Waals surface area contributed by atoms with Crippen molar-refractivity contribution in [3.05, 3.63) is 59.9 Å². The third kappa shape index (κ3) is 3.44. The summed E-state index contributed by atoms with van der Waals surface area (Å²) in [7, 11) is 1.61. The number of aryl methyl sites for hydroxylation is 1. The van der Waals surface area contributed by atoms with Gasteiger partial charge in [0.15, 0.2) is 17.2 Å². The fourth-order valence-corrected chi connectivity index (χ4v) is 2.91. The van der Waals surface area contributed by atoms with Gasteiger partial charge in [-0.15, -0.1) is 0 Å². The molecule has 1 amide bonds.